The van der Waals surface area contributed by atoms with Gasteiger partial charge in [0.2, 0.25) is 0 Å². The van der Waals surface area contributed by atoms with Crippen LogP contribution in [0.15, 0.2) is 24.3 Å². The molecule has 0 aliphatic carbocycles. The van der Waals surface area contributed by atoms with Gasteiger partial charge in [0, 0.05) is 19.3 Å². The summed E-state index contributed by atoms with van der Waals surface area (Å²) in [6.45, 7) is 5.37. The summed E-state index contributed by atoms with van der Waals surface area (Å²) in [4.78, 5) is 0. The van der Waals surface area contributed by atoms with E-state index in [1.807, 2.05) is 13.8 Å². The lowest BCUT2D eigenvalue weighted by Gasteiger charge is -2.22. The van der Waals surface area contributed by atoms with Crippen molar-refractivity contribution < 1.29 is 17.9 Å². The van der Waals surface area contributed by atoms with E-state index in [0.29, 0.717) is 26.2 Å². The van der Waals surface area contributed by atoms with Crippen molar-refractivity contribution in [3.63, 3.8) is 0 Å². The van der Waals surface area contributed by atoms with Gasteiger partial charge in [-0.1, -0.05) is 25.1 Å². The third-order valence-electron chi connectivity index (χ3n) is 2.85. The summed E-state index contributed by atoms with van der Waals surface area (Å²) >= 11 is 0. The fraction of sp³-hybridized carbons (Fsp3) is 0.571. The summed E-state index contributed by atoms with van der Waals surface area (Å²) in [5, 5.41) is 3.09. The zero-order chi connectivity index (χ0) is 14.3. The van der Waals surface area contributed by atoms with Crippen molar-refractivity contribution in [1.29, 1.82) is 0 Å². The third kappa shape index (κ3) is 4.84. The Kier molecular flexibility index (Phi) is 6.31. The molecule has 0 amide bonds. The molecule has 0 spiro atoms. The molecule has 0 fully saturated rings. The van der Waals surface area contributed by atoms with Gasteiger partial charge in [-0.05, 0) is 31.5 Å². The molecule has 1 rings (SSSR count). The summed E-state index contributed by atoms with van der Waals surface area (Å²) in [7, 11) is 0. The molecule has 1 unspecified atom stereocenters. The number of nitrogens with one attached hydrogen (secondary N) is 1. The van der Waals surface area contributed by atoms with Gasteiger partial charge in [0.05, 0.1) is 5.56 Å². The predicted molar refractivity (Wildman–Crippen MR) is 69.0 cm³/mol. The van der Waals surface area contributed by atoms with E-state index < -0.39 is 11.7 Å². The monoisotopic (exact) mass is 275 g/mol. The molecule has 1 atom stereocenters. The Morgan fingerprint density at radius 3 is 2.47 bits per heavy atom. The average molecular weight is 275 g/mol. The Labute approximate surface area is 112 Å². The van der Waals surface area contributed by atoms with Crippen LogP contribution in [0.5, 0.6) is 0 Å². The van der Waals surface area contributed by atoms with E-state index in [4.69, 9.17) is 4.74 Å². The van der Waals surface area contributed by atoms with Crippen LogP contribution in [0, 0.1) is 0 Å². The first kappa shape index (κ1) is 16.0. The summed E-state index contributed by atoms with van der Waals surface area (Å²) in [5.74, 6) is 0. The molecule has 0 bridgehead atoms. The molecule has 5 heteroatoms. The number of hydrogen-bond acceptors (Lipinski definition) is 2. The smallest absolute Gasteiger partial charge is 0.382 e. The van der Waals surface area contributed by atoms with E-state index in [2.05, 4.69) is 5.32 Å². The summed E-state index contributed by atoms with van der Waals surface area (Å²) in [6.07, 6.45) is -3.80. The molecule has 1 aromatic carbocycles. The first-order valence-electron chi connectivity index (χ1n) is 6.48. The molecule has 0 heterocycles. The minimum atomic E-state index is -4.32. The Hall–Kier alpha value is -1.07. The van der Waals surface area contributed by atoms with Crippen LogP contribution in [0.2, 0.25) is 0 Å². The minimum Gasteiger partial charge on any atom is -0.382 e. The average Bonchev–Trinajstić information content (AvgIpc) is 2.37. The van der Waals surface area contributed by atoms with Crippen molar-refractivity contribution in [3.05, 3.63) is 35.4 Å². The van der Waals surface area contributed by atoms with E-state index >= 15 is 0 Å². The van der Waals surface area contributed by atoms with Crippen molar-refractivity contribution >= 4 is 0 Å². The van der Waals surface area contributed by atoms with Gasteiger partial charge in [0.1, 0.15) is 0 Å². The molecule has 0 saturated heterocycles. The van der Waals surface area contributed by atoms with Gasteiger partial charge in [0.15, 0.2) is 0 Å². The van der Waals surface area contributed by atoms with Gasteiger partial charge < -0.3 is 10.1 Å². The zero-order valence-electron chi connectivity index (χ0n) is 11.3. The maximum Gasteiger partial charge on any atom is 0.416 e. The number of benzene rings is 1. The Balaban J connectivity index is 2.95. The van der Waals surface area contributed by atoms with Crippen LogP contribution in [-0.4, -0.2) is 19.8 Å². The lowest BCUT2D eigenvalue weighted by atomic mass is 9.97. The Bertz CT molecular complexity index is 379. The molecule has 0 aliphatic rings. The van der Waals surface area contributed by atoms with E-state index in [-0.39, 0.29) is 11.6 Å². The largest absolute Gasteiger partial charge is 0.416 e. The molecule has 1 N–H and O–H groups in total. The van der Waals surface area contributed by atoms with Gasteiger partial charge in [-0.15, -0.1) is 0 Å². The first-order chi connectivity index (χ1) is 9.00. The standard InChI is InChI=1S/C14H20F3NO/c1-3-18-13(9-10-19-4-2)11-7-5-6-8-12(11)14(15,16)17/h5-8,13,18H,3-4,9-10H2,1-2H3. The molecule has 0 aromatic heterocycles. The van der Waals surface area contributed by atoms with E-state index in [0.717, 1.165) is 6.07 Å². The maximum absolute atomic E-state index is 13.0. The molecular formula is C14H20F3NO. The van der Waals surface area contributed by atoms with Crippen LogP contribution in [0.1, 0.15) is 37.4 Å². The molecule has 108 valence electrons. The van der Waals surface area contributed by atoms with Crippen molar-refractivity contribution in [2.45, 2.75) is 32.5 Å². The van der Waals surface area contributed by atoms with Gasteiger partial charge in [-0.25, -0.2) is 0 Å². The predicted octanol–water partition coefficient (Wildman–Crippen LogP) is 3.78. The second-order valence-electron chi connectivity index (χ2n) is 4.18. The summed E-state index contributed by atoms with van der Waals surface area (Å²) in [5.41, 5.74) is -0.283. The van der Waals surface area contributed by atoms with E-state index in [9.17, 15) is 13.2 Å². The Morgan fingerprint density at radius 1 is 1.21 bits per heavy atom. The number of ether oxygens (including phenoxy) is 1. The van der Waals surface area contributed by atoms with Crippen LogP contribution >= 0.6 is 0 Å². The van der Waals surface area contributed by atoms with Crippen LogP contribution in [-0.2, 0) is 10.9 Å². The number of halogens is 3. The van der Waals surface area contributed by atoms with Crippen LogP contribution < -0.4 is 5.32 Å². The maximum atomic E-state index is 13.0. The zero-order valence-corrected chi connectivity index (χ0v) is 11.3. The van der Waals surface area contributed by atoms with Crippen molar-refractivity contribution in [1.82, 2.24) is 5.32 Å². The fourth-order valence-electron chi connectivity index (χ4n) is 2.02. The first-order valence-corrected chi connectivity index (χ1v) is 6.48. The van der Waals surface area contributed by atoms with Gasteiger partial charge in [-0.2, -0.15) is 13.2 Å². The fourth-order valence-corrected chi connectivity index (χ4v) is 2.02. The molecule has 0 aliphatic heterocycles. The van der Waals surface area contributed by atoms with Gasteiger partial charge >= 0.3 is 6.18 Å². The molecule has 19 heavy (non-hydrogen) atoms. The normalized spacial score (nSPS) is 13.5. The quantitative estimate of drug-likeness (QED) is 0.765. The summed E-state index contributed by atoms with van der Waals surface area (Å²) < 4.78 is 44.2. The highest BCUT2D eigenvalue weighted by molar-refractivity contribution is 5.32. The second kappa shape index (κ2) is 7.50. The third-order valence-corrected chi connectivity index (χ3v) is 2.85. The molecule has 1 aromatic rings. The van der Waals surface area contributed by atoms with Crippen molar-refractivity contribution in [2.75, 3.05) is 19.8 Å². The molecule has 0 radical (unpaired) electrons. The van der Waals surface area contributed by atoms with E-state index in [1.165, 1.54) is 12.1 Å². The van der Waals surface area contributed by atoms with Gasteiger partial charge in [0.25, 0.3) is 0 Å². The lowest BCUT2D eigenvalue weighted by molar-refractivity contribution is -0.138. The van der Waals surface area contributed by atoms with Crippen LogP contribution in [0.4, 0.5) is 13.2 Å². The van der Waals surface area contributed by atoms with Gasteiger partial charge in [-0.3, -0.25) is 0 Å². The number of hydrogen-bond donors (Lipinski definition) is 1. The van der Waals surface area contributed by atoms with Crippen molar-refractivity contribution in [3.8, 4) is 0 Å². The van der Waals surface area contributed by atoms with E-state index in [1.54, 1.807) is 6.07 Å². The highest BCUT2D eigenvalue weighted by Gasteiger charge is 2.34. The molecule has 0 saturated carbocycles. The lowest BCUT2D eigenvalue weighted by Crippen LogP contribution is -2.25. The number of alkyl halides is 3. The molecular weight excluding hydrogens is 255 g/mol. The summed E-state index contributed by atoms with van der Waals surface area (Å²) in [6, 6.07) is 5.37. The second-order valence-corrected chi connectivity index (χ2v) is 4.18. The minimum absolute atomic E-state index is 0.288. The van der Waals surface area contributed by atoms with Crippen LogP contribution in [0.25, 0.3) is 0 Å². The highest BCUT2D eigenvalue weighted by atomic mass is 19.4. The SMILES string of the molecule is CCNC(CCOCC)c1ccccc1C(F)(F)F. The topological polar surface area (TPSA) is 21.3 Å². The highest BCUT2D eigenvalue weighted by Crippen LogP contribution is 2.35. The Morgan fingerprint density at radius 2 is 1.89 bits per heavy atom. The molecule has 2 nitrogen and oxygen atoms in total. The number of rotatable bonds is 7. The van der Waals surface area contributed by atoms with Crippen molar-refractivity contribution in [2.24, 2.45) is 0 Å². The van der Waals surface area contributed by atoms with Crippen LogP contribution in [0.3, 0.4) is 0 Å².